The number of nitrogens with one attached hydrogen (secondary N) is 1. The van der Waals surface area contributed by atoms with E-state index in [-0.39, 0.29) is 0 Å². The van der Waals surface area contributed by atoms with E-state index >= 15 is 0 Å². The molecule has 122 valence electrons. The SMILES string of the molecule is C=C(C)COc1cc(CNC2CCN(C)CC2)ccc1OC. The first-order valence-corrected chi connectivity index (χ1v) is 7.94. The topological polar surface area (TPSA) is 33.7 Å². The summed E-state index contributed by atoms with van der Waals surface area (Å²) >= 11 is 0. The van der Waals surface area contributed by atoms with Gasteiger partial charge in [-0.15, -0.1) is 0 Å². The molecule has 1 aliphatic heterocycles. The van der Waals surface area contributed by atoms with Crippen LogP contribution >= 0.6 is 0 Å². The first kappa shape index (κ1) is 16.8. The van der Waals surface area contributed by atoms with Crippen LogP contribution in [-0.2, 0) is 6.54 Å². The van der Waals surface area contributed by atoms with Gasteiger partial charge in [0.15, 0.2) is 11.5 Å². The molecule has 1 N–H and O–H groups in total. The van der Waals surface area contributed by atoms with Gasteiger partial charge in [0.1, 0.15) is 6.61 Å². The summed E-state index contributed by atoms with van der Waals surface area (Å²) in [7, 11) is 3.85. The zero-order chi connectivity index (χ0) is 15.9. The molecule has 0 spiro atoms. The summed E-state index contributed by atoms with van der Waals surface area (Å²) in [5.41, 5.74) is 2.22. The van der Waals surface area contributed by atoms with E-state index in [9.17, 15) is 0 Å². The highest BCUT2D eigenvalue weighted by molar-refractivity contribution is 5.43. The summed E-state index contributed by atoms with van der Waals surface area (Å²) in [5.74, 6) is 1.55. The molecule has 0 atom stereocenters. The Labute approximate surface area is 134 Å². The highest BCUT2D eigenvalue weighted by Gasteiger charge is 2.16. The Morgan fingerprint density at radius 3 is 2.68 bits per heavy atom. The third-order valence-corrected chi connectivity index (χ3v) is 4.02. The van der Waals surface area contributed by atoms with Crippen LogP contribution in [0.15, 0.2) is 30.4 Å². The van der Waals surface area contributed by atoms with Crippen molar-refractivity contribution in [2.45, 2.75) is 32.4 Å². The highest BCUT2D eigenvalue weighted by Crippen LogP contribution is 2.28. The minimum Gasteiger partial charge on any atom is -0.493 e. The van der Waals surface area contributed by atoms with Crippen LogP contribution in [0, 0.1) is 0 Å². The third-order valence-electron chi connectivity index (χ3n) is 4.02. The van der Waals surface area contributed by atoms with Gasteiger partial charge in [0.2, 0.25) is 0 Å². The van der Waals surface area contributed by atoms with Gasteiger partial charge in [-0.1, -0.05) is 12.6 Å². The van der Waals surface area contributed by atoms with Crippen molar-refractivity contribution in [1.82, 2.24) is 10.2 Å². The first-order valence-electron chi connectivity index (χ1n) is 7.94. The van der Waals surface area contributed by atoms with Crippen LogP contribution in [0.1, 0.15) is 25.3 Å². The molecule has 1 saturated heterocycles. The molecule has 0 amide bonds. The fourth-order valence-electron chi connectivity index (χ4n) is 2.62. The number of hydrogen-bond acceptors (Lipinski definition) is 4. The number of benzene rings is 1. The minimum absolute atomic E-state index is 0.516. The number of nitrogens with zero attached hydrogens (tertiary/aromatic N) is 1. The van der Waals surface area contributed by atoms with Crippen LogP contribution in [0.4, 0.5) is 0 Å². The van der Waals surface area contributed by atoms with Crippen molar-refractivity contribution < 1.29 is 9.47 Å². The van der Waals surface area contributed by atoms with Crippen molar-refractivity contribution in [3.63, 3.8) is 0 Å². The fourth-order valence-corrected chi connectivity index (χ4v) is 2.62. The fraction of sp³-hybridized carbons (Fsp3) is 0.556. The van der Waals surface area contributed by atoms with Crippen LogP contribution in [-0.4, -0.2) is 44.8 Å². The largest absolute Gasteiger partial charge is 0.493 e. The van der Waals surface area contributed by atoms with Crippen LogP contribution in [0.25, 0.3) is 0 Å². The zero-order valence-corrected chi connectivity index (χ0v) is 14.0. The van der Waals surface area contributed by atoms with Gasteiger partial charge >= 0.3 is 0 Å². The van der Waals surface area contributed by atoms with Gasteiger partial charge < -0.3 is 19.7 Å². The minimum atomic E-state index is 0.516. The maximum Gasteiger partial charge on any atom is 0.161 e. The summed E-state index contributed by atoms with van der Waals surface area (Å²) in [5, 5.41) is 3.65. The van der Waals surface area contributed by atoms with E-state index in [1.807, 2.05) is 13.0 Å². The smallest absolute Gasteiger partial charge is 0.161 e. The lowest BCUT2D eigenvalue weighted by atomic mass is 10.1. The second kappa shape index (κ2) is 8.20. The molecule has 1 aliphatic rings. The molecule has 4 nitrogen and oxygen atoms in total. The number of likely N-dealkylation sites (tertiary alicyclic amines) is 1. The van der Waals surface area contributed by atoms with Gasteiger partial charge in [-0.3, -0.25) is 0 Å². The molecule has 1 fully saturated rings. The highest BCUT2D eigenvalue weighted by atomic mass is 16.5. The van der Waals surface area contributed by atoms with Crippen LogP contribution in [0.3, 0.4) is 0 Å². The van der Waals surface area contributed by atoms with Gasteiger partial charge in [-0.25, -0.2) is 0 Å². The van der Waals surface area contributed by atoms with Crippen molar-refractivity contribution in [2.24, 2.45) is 0 Å². The number of ether oxygens (including phenoxy) is 2. The molecule has 1 heterocycles. The molecule has 0 unspecified atom stereocenters. The Bertz CT molecular complexity index is 494. The third kappa shape index (κ3) is 5.04. The van der Waals surface area contributed by atoms with E-state index in [2.05, 4.69) is 36.0 Å². The van der Waals surface area contributed by atoms with Crippen LogP contribution in [0.5, 0.6) is 11.5 Å². The second-order valence-electron chi connectivity index (χ2n) is 6.19. The van der Waals surface area contributed by atoms with Crippen molar-refractivity contribution in [2.75, 3.05) is 33.9 Å². The number of hydrogen-bond donors (Lipinski definition) is 1. The van der Waals surface area contributed by atoms with Crippen LogP contribution < -0.4 is 14.8 Å². The maximum atomic E-state index is 5.78. The molecule has 4 heteroatoms. The Balaban J connectivity index is 1.92. The number of rotatable bonds is 7. The number of methoxy groups -OCH3 is 1. The monoisotopic (exact) mass is 304 g/mol. The molecular weight excluding hydrogens is 276 g/mol. The van der Waals surface area contributed by atoms with Crippen molar-refractivity contribution in [3.8, 4) is 11.5 Å². The van der Waals surface area contributed by atoms with E-state index < -0.39 is 0 Å². The zero-order valence-electron chi connectivity index (χ0n) is 14.0. The van der Waals surface area contributed by atoms with Crippen molar-refractivity contribution >= 4 is 0 Å². The Kier molecular flexibility index (Phi) is 6.28. The lowest BCUT2D eigenvalue weighted by Gasteiger charge is -2.29. The molecule has 0 aromatic heterocycles. The normalized spacial score (nSPS) is 16.5. The Morgan fingerprint density at radius 2 is 2.05 bits per heavy atom. The lowest BCUT2D eigenvalue weighted by molar-refractivity contribution is 0.234. The quantitative estimate of drug-likeness (QED) is 0.786. The standard InChI is InChI=1S/C18H28N2O2/c1-14(2)13-22-18-11-15(5-6-17(18)21-4)12-19-16-7-9-20(3)10-8-16/h5-6,11,16,19H,1,7-10,12-13H2,2-4H3. The summed E-state index contributed by atoms with van der Waals surface area (Å²) in [4.78, 5) is 2.38. The lowest BCUT2D eigenvalue weighted by Crippen LogP contribution is -2.40. The predicted molar refractivity (Wildman–Crippen MR) is 90.7 cm³/mol. The van der Waals surface area contributed by atoms with E-state index in [1.54, 1.807) is 7.11 Å². The van der Waals surface area contributed by atoms with Gasteiger partial charge in [-0.2, -0.15) is 0 Å². The van der Waals surface area contributed by atoms with E-state index in [0.717, 1.165) is 23.6 Å². The van der Waals surface area contributed by atoms with E-state index in [4.69, 9.17) is 9.47 Å². The maximum absolute atomic E-state index is 5.78. The summed E-state index contributed by atoms with van der Waals surface area (Å²) in [6.07, 6.45) is 2.43. The van der Waals surface area contributed by atoms with Gasteiger partial charge in [0.25, 0.3) is 0 Å². The molecule has 22 heavy (non-hydrogen) atoms. The summed E-state index contributed by atoms with van der Waals surface area (Å²) < 4.78 is 11.1. The molecule has 0 saturated carbocycles. The van der Waals surface area contributed by atoms with Crippen LogP contribution in [0.2, 0.25) is 0 Å². The molecule has 0 bridgehead atoms. The average Bonchev–Trinajstić information content (AvgIpc) is 2.52. The predicted octanol–water partition coefficient (Wildman–Crippen LogP) is 2.83. The Hall–Kier alpha value is -1.52. The van der Waals surface area contributed by atoms with Crippen molar-refractivity contribution in [1.29, 1.82) is 0 Å². The average molecular weight is 304 g/mol. The van der Waals surface area contributed by atoms with Crippen molar-refractivity contribution in [3.05, 3.63) is 35.9 Å². The molecule has 0 aliphatic carbocycles. The summed E-state index contributed by atoms with van der Waals surface area (Å²) in [6, 6.07) is 6.73. The van der Waals surface area contributed by atoms with Gasteiger partial charge in [-0.05, 0) is 63.2 Å². The molecule has 0 radical (unpaired) electrons. The number of piperidine rings is 1. The van der Waals surface area contributed by atoms with Gasteiger partial charge in [0.05, 0.1) is 7.11 Å². The molecule has 2 rings (SSSR count). The molecule has 1 aromatic carbocycles. The first-order chi connectivity index (χ1) is 10.6. The summed E-state index contributed by atoms with van der Waals surface area (Å²) in [6.45, 7) is 9.55. The molecule has 1 aromatic rings. The Morgan fingerprint density at radius 1 is 1.32 bits per heavy atom. The van der Waals surface area contributed by atoms with E-state index in [1.165, 1.54) is 31.5 Å². The van der Waals surface area contributed by atoms with E-state index in [0.29, 0.717) is 12.6 Å². The second-order valence-corrected chi connectivity index (χ2v) is 6.19. The molecular formula is C18H28N2O2. The van der Waals surface area contributed by atoms with Gasteiger partial charge in [0, 0.05) is 12.6 Å².